The summed E-state index contributed by atoms with van der Waals surface area (Å²) in [5.41, 5.74) is 0.606. The molecule has 0 aliphatic carbocycles. The van der Waals surface area contributed by atoms with E-state index >= 15 is 0 Å². The maximum Gasteiger partial charge on any atom is 0.256 e. The van der Waals surface area contributed by atoms with E-state index in [0.717, 1.165) is 15.8 Å². The Labute approximate surface area is 128 Å². The Morgan fingerprint density at radius 1 is 1.18 bits per heavy atom. The van der Waals surface area contributed by atoms with Gasteiger partial charge < -0.3 is 5.32 Å². The molecule has 22 heavy (non-hydrogen) atoms. The van der Waals surface area contributed by atoms with Crippen LogP contribution in [0.3, 0.4) is 0 Å². The largest absolute Gasteiger partial charge is 0.352 e. The number of nitrogens with one attached hydrogen (secondary N) is 1. The van der Waals surface area contributed by atoms with Gasteiger partial charge in [-0.25, -0.2) is 5.01 Å². The van der Waals surface area contributed by atoms with Gasteiger partial charge in [0.25, 0.3) is 5.91 Å². The number of anilines is 1. The average molecular weight is 295 g/mol. The third kappa shape index (κ3) is 3.38. The lowest BCUT2D eigenvalue weighted by molar-refractivity contribution is -0.127. The first-order valence-electron chi connectivity index (χ1n) is 6.82. The van der Waals surface area contributed by atoms with Crippen LogP contribution in [0, 0.1) is 0 Å². The standard InChI is InChI=1S/C17H17N3O2/c1-3-11-19-16(21)12-17(22)20(18-2)15-10-6-8-13-7-4-5-9-14(13)15/h3-10H,1-2,11-12H2,(H,19,21). The third-order valence-corrected chi connectivity index (χ3v) is 3.13. The van der Waals surface area contributed by atoms with Crippen molar-refractivity contribution in [2.75, 3.05) is 11.6 Å². The van der Waals surface area contributed by atoms with Gasteiger partial charge in [0, 0.05) is 18.6 Å². The SMILES string of the molecule is C=CCNC(=O)CC(=O)N(N=C)c1cccc2ccccc12. The molecule has 0 saturated carbocycles. The Morgan fingerprint density at radius 3 is 2.64 bits per heavy atom. The highest BCUT2D eigenvalue weighted by Crippen LogP contribution is 2.27. The first-order chi connectivity index (χ1) is 10.7. The Balaban J connectivity index is 2.26. The summed E-state index contributed by atoms with van der Waals surface area (Å²) in [5, 5.41) is 9.36. The zero-order valence-corrected chi connectivity index (χ0v) is 12.2. The van der Waals surface area contributed by atoms with Gasteiger partial charge in [-0.15, -0.1) is 6.58 Å². The number of rotatable bonds is 6. The maximum atomic E-state index is 12.3. The fraction of sp³-hybridized carbons (Fsp3) is 0.118. The van der Waals surface area contributed by atoms with Crippen molar-refractivity contribution in [1.29, 1.82) is 0 Å². The number of benzene rings is 2. The van der Waals surface area contributed by atoms with E-state index in [1.807, 2.05) is 36.4 Å². The van der Waals surface area contributed by atoms with E-state index in [9.17, 15) is 9.59 Å². The van der Waals surface area contributed by atoms with Crippen LogP contribution in [0.5, 0.6) is 0 Å². The number of nitrogens with zero attached hydrogens (tertiary/aromatic N) is 2. The minimum Gasteiger partial charge on any atom is -0.352 e. The lowest BCUT2D eigenvalue weighted by Crippen LogP contribution is -2.32. The molecule has 2 aromatic carbocycles. The summed E-state index contributed by atoms with van der Waals surface area (Å²) in [4.78, 5) is 24.0. The number of amides is 2. The molecule has 0 spiro atoms. The van der Waals surface area contributed by atoms with Gasteiger partial charge in [-0.3, -0.25) is 9.59 Å². The highest BCUT2D eigenvalue weighted by Gasteiger charge is 2.19. The van der Waals surface area contributed by atoms with Gasteiger partial charge in [0.2, 0.25) is 5.91 Å². The molecule has 1 N–H and O–H groups in total. The molecule has 2 aromatic rings. The summed E-state index contributed by atoms with van der Waals surface area (Å²) in [6, 6.07) is 13.2. The van der Waals surface area contributed by atoms with E-state index in [-0.39, 0.29) is 12.3 Å². The lowest BCUT2D eigenvalue weighted by atomic mass is 10.1. The molecule has 112 valence electrons. The second kappa shape index (κ2) is 7.17. The number of hydrogen-bond donors (Lipinski definition) is 1. The van der Waals surface area contributed by atoms with E-state index in [0.29, 0.717) is 12.2 Å². The van der Waals surface area contributed by atoms with Crippen molar-refractivity contribution >= 4 is 35.0 Å². The summed E-state index contributed by atoms with van der Waals surface area (Å²) < 4.78 is 0. The van der Waals surface area contributed by atoms with Crippen molar-refractivity contribution in [2.45, 2.75) is 6.42 Å². The topological polar surface area (TPSA) is 61.8 Å². The molecular formula is C17H17N3O2. The highest BCUT2D eigenvalue weighted by molar-refractivity contribution is 6.09. The van der Waals surface area contributed by atoms with E-state index in [1.165, 1.54) is 0 Å². The van der Waals surface area contributed by atoms with Crippen LogP contribution in [0.1, 0.15) is 6.42 Å². The predicted octanol–water partition coefficient (Wildman–Crippen LogP) is 2.48. The first kappa shape index (κ1) is 15.4. The zero-order chi connectivity index (χ0) is 15.9. The van der Waals surface area contributed by atoms with Crippen molar-refractivity contribution in [3.63, 3.8) is 0 Å². The summed E-state index contributed by atoms with van der Waals surface area (Å²) in [5.74, 6) is -0.813. The average Bonchev–Trinajstić information content (AvgIpc) is 2.54. The molecule has 0 saturated heterocycles. The zero-order valence-electron chi connectivity index (χ0n) is 12.2. The number of hydrogen-bond acceptors (Lipinski definition) is 3. The van der Waals surface area contributed by atoms with Crippen LogP contribution in [0.4, 0.5) is 5.69 Å². The van der Waals surface area contributed by atoms with E-state index in [2.05, 4.69) is 23.7 Å². The maximum absolute atomic E-state index is 12.3. The van der Waals surface area contributed by atoms with Gasteiger partial charge in [0.15, 0.2) is 0 Å². The molecule has 2 amide bonds. The summed E-state index contributed by atoms with van der Waals surface area (Å²) in [6.07, 6.45) is 1.26. The van der Waals surface area contributed by atoms with Crippen LogP contribution in [0.2, 0.25) is 0 Å². The number of carbonyl (C=O) groups excluding carboxylic acids is 2. The monoisotopic (exact) mass is 295 g/mol. The molecule has 2 rings (SSSR count). The molecule has 0 aromatic heterocycles. The number of carbonyl (C=O) groups is 2. The van der Waals surface area contributed by atoms with Crippen molar-refractivity contribution in [2.24, 2.45) is 5.10 Å². The van der Waals surface area contributed by atoms with Gasteiger partial charge in [-0.05, 0) is 11.5 Å². The molecule has 0 heterocycles. The molecule has 0 fully saturated rings. The van der Waals surface area contributed by atoms with Crippen LogP contribution < -0.4 is 10.3 Å². The second-order valence-corrected chi connectivity index (χ2v) is 4.61. The van der Waals surface area contributed by atoms with Gasteiger partial charge in [0.1, 0.15) is 6.42 Å². The summed E-state index contributed by atoms with van der Waals surface area (Å²) in [7, 11) is 0. The van der Waals surface area contributed by atoms with Gasteiger partial charge >= 0.3 is 0 Å². The fourth-order valence-corrected chi connectivity index (χ4v) is 2.14. The molecule has 0 aliphatic rings. The highest BCUT2D eigenvalue weighted by atomic mass is 16.2. The van der Waals surface area contributed by atoms with E-state index in [1.54, 1.807) is 12.1 Å². The molecule has 0 unspecified atom stereocenters. The molecule has 5 heteroatoms. The Bertz CT molecular complexity index is 719. The fourth-order valence-electron chi connectivity index (χ4n) is 2.14. The number of fused-ring (bicyclic) bond motifs is 1. The van der Waals surface area contributed by atoms with E-state index in [4.69, 9.17) is 0 Å². The molecule has 0 radical (unpaired) electrons. The van der Waals surface area contributed by atoms with Crippen molar-refractivity contribution in [3.05, 3.63) is 55.1 Å². The Morgan fingerprint density at radius 2 is 1.91 bits per heavy atom. The lowest BCUT2D eigenvalue weighted by Gasteiger charge is -2.18. The second-order valence-electron chi connectivity index (χ2n) is 4.61. The van der Waals surface area contributed by atoms with Crippen molar-refractivity contribution in [1.82, 2.24) is 5.32 Å². The normalized spacial score (nSPS) is 10.0. The molecule has 0 bridgehead atoms. The van der Waals surface area contributed by atoms with Gasteiger partial charge in [0.05, 0.1) is 5.69 Å². The van der Waals surface area contributed by atoms with Crippen LogP contribution in [0.25, 0.3) is 10.8 Å². The summed E-state index contributed by atoms with van der Waals surface area (Å²) >= 11 is 0. The first-order valence-corrected chi connectivity index (χ1v) is 6.82. The van der Waals surface area contributed by atoms with Gasteiger partial charge in [-0.1, -0.05) is 42.5 Å². The van der Waals surface area contributed by atoms with Crippen LogP contribution in [0.15, 0.2) is 60.2 Å². The van der Waals surface area contributed by atoms with Crippen molar-refractivity contribution < 1.29 is 9.59 Å². The van der Waals surface area contributed by atoms with Crippen molar-refractivity contribution in [3.8, 4) is 0 Å². The van der Waals surface area contributed by atoms with Crippen LogP contribution in [-0.2, 0) is 9.59 Å². The minimum atomic E-state index is -0.437. The molecule has 0 aliphatic heterocycles. The minimum absolute atomic E-state index is 0.296. The van der Waals surface area contributed by atoms with Crippen LogP contribution >= 0.6 is 0 Å². The third-order valence-electron chi connectivity index (χ3n) is 3.13. The Kier molecular flexibility index (Phi) is 5.03. The van der Waals surface area contributed by atoms with Gasteiger partial charge in [-0.2, -0.15) is 5.10 Å². The predicted molar refractivity (Wildman–Crippen MR) is 88.8 cm³/mol. The van der Waals surface area contributed by atoms with Crippen LogP contribution in [-0.4, -0.2) is 25.1 Å². The molecular weight excluding hydrogens is 278 g/mol. The Hall–Kier alpha value is -2.95. The summed E-state index contributed by atoms with van der Waals surface area (Å²) in [6.45, 7) is 7.27. The smallest absolute Gasteiger partial charge is 0.256 e. The molecule has 5 nitrogen and oxygen atoms in total. The number of hydrazone groups is 1. The quantitative estimate of drug-likeness (QED) is 0.385. The molecule has 0 atom stereocenters. The van der Waals surface area contributed by atoms with E-state index < -0.39 is 5.91 Å².